The molecule has 9 heteroatoms. The molecule has 2 aromatic rings. The monoisotopic (exact) mass is 316 g/mol. The zero-order valence-electron chi connectivity index (χ0n) is 10.2. The van der Waals surface area contributed by atoms with Crippen molar-refractivity contribution in [1.82, 2.24) is 15.4 Å². The molecule has 0 radical (unpaired) electrons. The molecule has 0 atom stereocenters. The Bertz CT molecular complexity index is 673. The van der Waals surface area contributed by atoms with Crippen LogP contribution in [0.3, 0.4) is 0 Å². The third-order valence-electron chi connectivity index (χ3n) is 2.49. The van der Waals surface area contributed by atoms with Gasteiger partial charge in [-0.3, -0.25) is 10.6 Å². The van der Waals surface area contributed by atoms with E-state index in [1.807, 2.05) is 0 Å². The Labute approximate surface area is 121 Å². The van der Waals surface area contributed by atoms with Crippen molar-refractivity contribution in [2.24, 2.45) is 0 Å². The molecule has 1 aromatic heterocycles. The van der Waals surface area contributed by atoms with Crippen LogP contribution in [0, 0.1) is 5.41 Å². The molecule has 3 N–H and O–H groups in total. The van der Waals surface area contributed by atoms with Gasteiger partial charge >= 0.3 is 6.18 Å². The molecule has 0 aliphatic heterocycles. The van der Waals surface area contributed by atoms with Crippen molar-refractivity contribution < 1.29 is 18.4 Å². The number of hydrogen-bond donors (Lipinski definition) is 3. The minimum atomic E-state index is -4.70. The molecule has 1 aromatic carbocycles. The highest BCUT2D eigenvalue weighted by atomic mass is 35.5. The zero-order chi connectivity index (χ0) is 15.6. The lowest BCUT2D eigenvalue weighted by molar-refractivity contribution is -0.141. The van der Waals surface area contributed by atoms with Gasteiger partial charge in [0, 0.05) is 10.6 Å². The minimum Gasteiger partial charge on any atom is -0.290 e. The van der Waals surface area contributed by atoms with Gasteiger partial charge in [-0.15, -0.1) is 0 Å². The summed E-state index contributed by atoms with van der Waals surface area (Å²) in [5, 5.41) is 16.3. The first-order valence-electron chi connectivity index (χ1n) is 5.52. The molecular weight excluding hydrogens is 309 g/mol. The number of nitrogens with zero attached hydrogens (tertiary/aromatic N) is 2. The van der Waals surface area contributed by atoms with Crippen molar-refractivity contribution >= 4 is 17.4 Å². The second-order valence-corrected chi connectivity index (χ2v) is 4.39. The summed E-state index contributed by atoms with van der Waals surface area (Å²) in [7, 11) is 0. The fourth-order valence-electron chi connectivity index (χ4n) is 1.52. The lowest BCUT2D eigenvalue weighted by Crippen LogP contribution is -2.23. The Morgan fingerprint density at radius 3 is 2.33 bits per heavy atom. The van der Waals surface area contributed by atoms with E-state index < -0.39 is 23.5 Å². The Hall–Kier alpha value is -2.19. The minimum absolute atomic E-state index is 0.0380. The fourth-order valence-corrected chi connectivity index (χ4v) is 1.65. The highest BCUT2D eigenvalue weighted by Gasteiger charge is 2.34. The maximum atomic E-state index is 12.8. The molecule has 0 amide bonds. The summed E-state index contributed by atoms with van der Waals surface area (Å²) in [6, 6.07) is 6.75. The molecule has 0 aliphatic carbocycles. The maximum Gasteiger partial charge on any atom is 0.433 e. The molecule has 0 fully saturated rings. The largest absolute Gasteiger partial charge is 0.433 e. The van der Waals surface area contributed by atoms with Crippen molar-refractivity contribution in [3.63, 3.8) is 0 Å². The lowest BCUT2D eigenvalue weighted by Gasteiger charge is -2.10. The number of nitrogens with one attached hydrogen (secondary N) is 2. The number of alkyl halides is 3. The number of amidine groups is 1. The molecule has 0 aliphatic rings. The first-order valence-corrected chi connectivity index (χ1v) is 5.90. The van der Waals surface area contributed by atoms with Crippen molar-refractivity contribution in [3.8, 4) is 11.3 Å². The van der Waals surface area contributed by atoms with Crippen molar-refractivity contribution in [2.75, 3.05) is 0 Å². The van der Waals surface area contributed by atoms with Crippen molar-refractivity contribution in [3.05, 3.63) is 46.9 Å². The molecule has 0 saturated carbocycles. The summed E-state index contributed by atoms with van der Waals surface area (Å²) < 4.78 is 38.5. The van der Waals surface area contributed by atoms with Gasteiger partial charge in [-0.2, -0.15) is 13.2 Å². The Morgan fingerprint density at radius 2 is 1.81 bits per heavy atom. The van der Waals surface area contributed by atoms with Crippen LogP contribution < -0.4 is 5.48 Å². The summed E-state index contributed by atoms with van der Waals surface area (Å²) in [5.41, 5.74) is 0.543. The number of halogens is 4. The van der Waals surface area contributed by atoms with Gasteiger partial charge in [0.15, 0.2) is 11.7 Å². The van der Waals surface area contributed by atoms with Gasteiger partial charge in [0.25, 0.3) is 0 Å². The van der Waals surface area contributed by atoms with Crippen LogP contribution in [-0.4, -0.2) is 21.0 Å². The van der Waals surface area contributed by atoms with E-state index in [4.69, 9.17) is 22.2 Å². The third-order valence-corrected chi connectivity index (χ3v) is 2.74. The predicted molar refractivity (Wildman–Crippen MR) is 69.2 cm³/mol. The van der Waals surface area contributed by atoms with E-state index in [0.29, 0.717) is 10.6 Å². The van der Waals surface area contributed by atoms with Gasteiger partial charge in [-0.1, -0.05) is 23.7 Å². The molecule has 0 spiro atoms. The number of hydrogen-bond acceptors (Lipinski definition) is 4. The molecule has 0 unspecified atom stereocenters. The van der Waals surface area contributed by atoms with Crippen LogP contribution in [0.15, 0.2) is 30.3 Å². The smallest absolute Gasteiger partial charge is 0.290 e. The Balaban J connectivity index is 2.59. The summed E-state index contributed by atoms with van der Waals surface area (Å²) in [4.78, 5) is 7.03. The lowest BCUT2D eigenvalue weighted by atomic mass is 10.1. The molecule has 5 nitrogen and oxygen atoms in total. The predicted octanol–water partition coefficient (Wildman–Crippen LogP) is 3.12. The van der Waals surface area contributed by atoms with Gasteiger partial charge in [0.05, 0.1) is 5.69 Å². The second-order valence-electron chi connectivity index (χ2n) is 3.95. The second kappa shape index (κ2) is 5.66. The van der Waals surface area contributed by atoms with Crippen molar-refractivity contribution in [1.29, 1.82) is 5.41 Å². The van der Waals surface area contributed by atoms with Crippen molar-refractivity contribution in [2.45, 2.75) is 6.18 Å². The van der Waals surface area contributed by atoms with Crippen LogP contribution in [0.4, 0.5) is 13.2 Å². The number of aromatic nitrogens is 2. The molecule has 2 rings (SSSR count). The van der Waals surface area contributed by atoms with E-state index >= 15 is 0 Å². The summed E-state index contributed by atoms with van der Waals surface area (Å²) >= 11 is 5.72. The quantitative estimate of drug-likeness (QED) is 0.451. The normalized spacial score (nSPS) is 11.3. The first kappa shape index (κ1) is 15.2. The molecule has 21 heavy (non-hydrogen) atoms. The van der Waals surface area contributed by atoms with E-state index in [9.17, 15) is 13.2 Å². The fraction of sp³-hybridized carbons (Fsp3) is 0.0833. The van der Waals surface area contributed by atoms with Crippen LogP contribution in [0.25, 0.3) is 11.3 Å². The average molecular weight is 317 g/mol. The van der Waals surface area contributed by atoms with Crippen LogP contribution in [0.1, 0.15) is 11.5 Å². The van der Waals surface area contributed by atoms with Gasteiger partial charge in [0.2, 0.25) is 0 Å². The average Bonchev–Trinajstić information content (AvgIpc) is 2.45. The summed E-state index contributed by atoms with van der Waals surface area (Å²) in [6.07, 6.45) is -4.70. The van der Waals surface area contributed by atoms with Gasteiger partial charge in [-0.25, -0.2) is 15.4 Å². The standard InChI is InChI=1S/C12H8ClF3N4O/c13-7-3-1-6(2-4-7)8-5-9(12(14,15)16)19-11(18-8)10(17)20-21/h1-5,21H,(H2,17,20). The van der Waals surface area contributed by atoms with Gasteiger partial charge in [-0.05, 0) is 18.2 Å². The van der Waals surface area contributed by atoms with Gasteiger partial charge in [0.1, 0.15) is 5.69 Å². The Kier molecular flexibility index (Phi) is 4.10. The molecule has 0 bridgehead atoms. The highest BCUT2D eigenvalue weighted by molar-refractivity contribution is 6.30. The van der Waals surface area contributed by atoms with E-state index in [1.165, 1.54) is 29.7 Å². The third kappa shape index (κ3) is 3.47. The number of hydroxylamine groups is 1. The van der Waals surface area contributed by atoms with E-state index in [2.05, 4.69) is 9.97 Å². The molecule has 0 saturated heterocycles. The van der Waals surface area contributed by atoms with Crippen LogP contribution >= 0.6 is 11.6 Å². The molecule has 1 heterocycles. The zero-order valence-corrected chi connectivity index (χ0v) is 11.0. The Morgan fingerprint density at radius 1 is 1.19 bits per heavy atom. The maximum absolute atomic E-state index is 12.8. The van der Waals surface area contributed by atoms with Crippen LogP contribution in [0.5, 0.6) is 0 Å². The van der Waals surface area contributed by atoms with Crippen LogP contribution in [0.2, 0.25) is 5.02 Å². The SMILES string of the molecule is N=C(NO)c1nc(-c2ccc(Cl)cc2)cc(C(F)(F)F)n1. The highest BCUT2D eigenvalue weighted by Crippen LogP contribution is 2.30. The van der Waals surface area contributed by atoms with Crippen LogP contribution in [-0.2, 0) is 6.18 Å². The summed E-state index contributed by atoms with van der Waals surface area (Å²) in [5.74, 6) is -1.31. The molecular formula is C12H8ClF3N4O. The number of rotatable bonds is 2. The van der Waals surface area contributed by atoms with E-state index in [0.717, 1.165) is 6.07 Å². The molecule has 110 valence electrons. The van der Waals surface area contributed by atoms with Gasteiger partial charge < -0.3 is 0 Å². The first-order chi connectivity index (χ1) is 9.81. The van der Waals surface area contributed by atoms with E-state index in [1.54, 1.807) is 0 Å². The topological polar surface area (TPSA) is 81.9 Å². The van der Waals surface area contributed by atoms with E-state index in [-0.39, 0.29) is 5.69 Å². The number of benzene rings is 1. The summed E-state index contributed by atoms with van der Waals surface area (Å²) in [6.45, 7) is 0.